The second kappa shape index (κ2) is 7.61. The third-order valence-corrected chi connectivity index (χ3v) is 4.88. The monoisotopic (exact) mass is 268 g/mol. The molecule has 2 aliphatic rings. The van der Waals surface area contributed by atoms with Gasteiger partial charge in [0.1, 0.15) is 0 Å². The Kier molecular flexibility index (Phi) is 6.11. The van der Waals surface area contributed by atoms with Crippen LogP contribution in [-0.4, -0.2) is 50.8 Å². The molecule has 0 aromatic carbocycles. The van der Waals surface area contributed by atoms with E-state index in [4.69, 9.17) is 4.74 Å². The van der Waals surface area contributed by atoms with Gasteiger partial charge in [-0.3, -0.25) is 0 Å². The number of nitrogens with one attached hydrogen (secondary N) is 1. The molecular weight excluding hydrogens is 236 g/mol. The topological polar surface area (TPSA) is 24.5 Å². The van der Waals surface area contributed by atoms with Gasteiger partial charge in [0, 0.05) is 32.8 Å². The van der Waals surface area contributed by atoms with Crippen molar-refractivity contribution in [3.8, 4) is 0 Å². The van der Waals surface area contributed by atoms with Crippen molar-refractivity contribution in [2.24, 2.45) is 5.41 Å². The van der Waals surface area contributed by atoms with Crippen molar-refractivity contribution in [1.82, 2.24) is 10.2 Å². The number of nitrogens with zero attached hydrogens (tertiary/aromatic N) is 1. The minimum atomic E-state index is 0.532. The lowest BCUT2D eigenvalue weighted by atomic mass is 9.73. The van der Waals surface area contributed by atoms with Crippen molar-refractivity contribution in [3.05, 3.63) is 0 Å². The maximum Gasteiger partial charge on any atom is 0.0589 e. The Bertz CT molecular complexity index is 247. The Morgan fingerprint density at radius 1 is 1.21 bits per heavy atom. The van der Waals surface area contributed by atoms with Crippen LogP contribution in [0.3, 0.4) is 0 Å². The van der Waals surface area contributed by atoms with Crippen LogP contribution < -0.4 is 5.32 Å². The largest absolute Gasteiger partial charge is 0.383 e. The summed E-state index contributed by atoms with van der Waals surface area (Å²) in [4.78, 5) is 2.59. The van der Waals surface area contributed by atoms with Crippen molar-refractivity contribution in [3.63, 3.8) is 0 Å². The van der Waals surface area contributed by atoms with E-state index in [0.717, 1.165) is 25.7 Å². The van der Waals surface area contributed by atoms with E-state index in [2.05, 4.69) is 17.1 Å². The first-order valence-corrected chi connectivity index (χ1v) is 8.23. The first-order valence-electron chi connectivity index (χ1n) is 8.23. The zero-order valence-electron chi connectivity index (χ0n) is 12.9. The molecule has 2 saturated carbocycles. The quantitative estimate of drug-likeness (QED) is 0.696. The summed E-state index contributed by atoms with van der Waals surface area (Å²) in [7, 11) is 1.80. The molecule has 0 heterocycles. The van der Waals surface area contributed by atoms with E-state index in [1.165, 1.54) is 58.0 Å². The van der Waals surface area contributed by atoms with E-state index in [1.807, 2.05) is 0 Å². The molecule has 0 amide bonds. The summed E-state index contributed by atoms with van der Waals surface area (Å²) in [6, 6.07) is 0.841. The smallest absolute Gasteiger partial charge is 0.0589 e. The summed E-state index contributed by atoms with van der Waals surface area (Å²) in [5.41, 5.74) is 0.532. The number of hydrogen-bond donors (Lipinski definition) is 1. The van der Waals surface area contributed by atoms with E-state index in [0.29, 0.717) is 5.41 Å². The van der Waals surface area contributed by atoms with Gasteiger partial charge in [0.25, 0.3) is 0 Å². The van der Waals surface area contributed by atoms with Crippen LogP contribution in [-0.2, 0) is 4.74 Å². The van der Waals surface area contributed by atoms with Crippen LogP contribution in [0.5, 0.6) is 0 Å². The van der Waals surface area contributed by atoms with Crippen LogP contribution in [0.25, 0.3) is 0 Å². The molecule has 112 valence electrons. The number of rotatable bonds is 9. The van der Waals surface area contributed by atoms with Gasteiger partial charge in [-0.1, -0.05) is 26.2 Å². The van der Waals surface area contributed by atoms with Crippen LogP contribution in [0.15, 0.2) is 0 Å². The average Bonchev–Trinajstić information content (AvgIpc) is 3.27. The van der Waals surface area contributed by atoms with E-state index in [1.54, 1.807) is 7.11 Å². The molecule has 2 rings (SSSR count). The van der Waals surface area contributed by atoms with Gasteiger partial charge in [-0.2, -0.15) is 0 Å². The Labute approximate surface area is 119 Å². The van der Waals surface area contributed by atoms with Gasteiger partial charge in [-0.15, -0.1) is 0 Å². The summed E-state index contributed by atoms with van der Waals surface area (Å²) in [6.45, 7) is 7.86. The molecule has 0 spiro atoms. The molecule has 0 aromatic rings. The first-order chi connectivity index (χ1) is 9.28. The first kappa shape index (κ1) is 15.3. The van der Waals surface area contributed by atoms with E-state index < -0.39 is 0 Å². The van der Waals surface area contributed by atoms with Gasteiger partial charge in [0.15, 0.2) is 0 Å². The standard InChI is InChI=1S/C16H32N2O/c1-3-18(11-12-19-2)14-16(9-5-4-6-10-16)13-17-15-7-8-15/h15,17H,3-14H2,1-2H3. The highest BCUT2D eigenvalue weighted by molar-refractivity contribution is 4.91. The molecule has 3 heteroatoms. The summed E-state index contributed by atoms with van der Waals surface area (Å²) in [6.07, 6.45) is 9.92. The predicted octanol–water partition coefficient (Wildman–Crippen LogP) is 2.66. The Morgan fingerprint density at radius 2 is 1.95 bits per heavy atom. The number of methoxy groups -OCH3 is 1. The molecule has 2 aliphatic carbocycles. The third kappa shape index (κ3) is 5.05. The van der Waals surface area contributed by atoms with Gasteiger partial charge in [-0.05, 0) is 37.6 Å². The Morgan fingerprint density at radius 3 is 2.53 bits per heavy atom. The van der Waals surface area contributed by atoms with Crippen LogP contribution in [0.4, 0.5) is 0 Å². The molecule has 0 unspecified atom stereocenters. The molecule has 0 bridgehead atoms. The zero-order chi connectivity index (χ0) is 13.6. The second-order valence-electron chi connectivity index (χ2n) is 6.58. The molecule has 0 aliphatic heterocycles. The molecule has 0 saturated heterocycles. The van der Waals surface area contributed by atoms with Crippen LogP contribution in [0, 0.1) is 5.41 Å². The third-order valence-electron chi connectivity index (χ3n) is 4.88. The van der Waals surface area contributed by atoms with Crippen LogP contribution >= 0.6 is 0 Å². The molecule has 3 nitrogen and oxygen atoms in total. The molecule has 19 heavy (non-hydrogen) atoms. The highest BCUT2D eigenvalue weighted by Crippen LogP contribution is 2.37. The maximum atomic E-state index is 5.25. The van der Waals surface area contributed by atoms with Gasteiger partial charge in [-0.25, -0.2) is 0 Å². The fraction of sp³-hybridized carbons (Fsp3) is 1.00. The zero-order valence-corrected chi connectivity index (χ0v) is 12.9. The molecule has 0 aromatic heterocycles. The van der Waals surface area contributed by atoms with E-state index in [9.17, 15) is 0 Å². The number of hydrogen-bond acceptors (Lipinski definition) is 3. The summed E-state index contributed by atoms with van der Waals surface area (Å²) < 4.78 is 5.25. The maximum absolute atomic E-state index is 5.25. The fourth-order valence-electron chi connectivity index (χ4n) is 3.38. The minimum Gasteiger partial charge on any atom is -0.383 e. The van der Waals surface area contributed by atoms with Gasteiger partial charge < -0.3 is 15.0 Å². The lowest BCUT2D eigenvalue weighted by molar-refractivity contribution is 0.0817. The van der Waals surface area contributed by atoms with Crippen LogP contribution in [0.2, 0.25) is 0 Å². The van der Waals surface area contributed by atoms with Crippen molar-refractivity contribution < 1.29 is 4.74 Å². The van der Waals surface area contributed by atoms with Crippen molar-refractivity contribution in [1.29, 1.82) is 0 Å². The number of ether oxygens (including phenoxy) is 1. The van der Waals surface area contributed by atoms with Gasteiger partial charge >= 0.3 is 0 Å². The summed E-state index contributed by atoms with van der Waals surface area (Å²) in [5.74, 6) is 0. The lowest BCUT2D eigenvalue weighted by Gasteiger charge is -2.41. The minimum absolute atomic E-state index is 0.532. The van der Waals surface area contributed by atoms with E-state index in [-0.39, 0.29) is 0 Å². The normalized spacial score (nSPS) is 22.9. The molecule has 0 atom stereocenters. The van der Waals surface area contributed by atoms with Crippen molar-refractivity contribution in [2.45, 2.75) is 57.9 Å². The van der Waals surface area contributed by atoms with Crippen molar-refractivity contribution >= 4 is 0 Å². The highest BCUT2D eigenvalue weighted by Gasteiger charge is 2.35. The SMILES string of the molecule is CCN(CCOC)CC1(CNC2CC2)CCCCC1. The van der Waals surface area contributed by atoms with Gasteiger partial charge in [0.2, 0.25) is 0 Å². The number of likely N-dealkylation sites (N-methyl/N-ethyl adjacent to an activating group) is 1. The van der Waals surface area contributed by atoms with Gasteiger partial charge in [0.05, 0.1) is 6.61 Å². The Balaban J connectivity index is 1.86. The molecule has 2 fully saturated rings. The lowest BCUT2D eigenvalue weighted by Crippen LogP contribution is -2.46. The average molecular weight is 268 g/mol. The predicted molar refractivity (Wildman–Crippen MR) is 80.5 cm³/mol. The van der Waals surface area contributed by atoms with Crippen LogP contribution in [0.1, 0.15) is 51.9 Å². The highest BCUT2D eigenvalue weighted by atomic mass is 16.5. The Hall–Kier alpha value is -0.120. The molecular formula is C16H32N2O. The molecule has 0 radical (unpaired) electrons. The van der Waals surface area contributed by atoms with Crippen molar-refractivity contribution in [2.75, 3.05) is 39.9 Å². The summed E-state index contributed by atoms with van der Waals surface area (Å²) >= 11 is 0. The molecule has 1 N–H and O–H groups in total. The second-order valence-corrected chi connectivity index (χ2v) is 6.58. The summed E-state index contributed by atoms with van der Waals surface area (Å²) in [5, 5.41) is 3.79. The van der Waals surface area contributed by atoms with E-state index >= 15 is 0 Å². The fourth-order valence-corrected chi connectivity index (χ4v) is 3.38.